The SMILES string of the molecule is CCc1ccc(NC(=O)c2cnn3c(NCCN4CCOCC4)cc(C)nc23)cc1. The molecule has 8 nitrogen and oxygen atoms in total. The van der Waals surface area contributed by atoms with E-state index in [4.69, 9.17) is 4.74 Å². The molecule has 1 saturated heterocycles. The molecule has 4 rings (SSSR count). The van der Waals surface area contributed by atoms with Gasteiger partial charge in [0.05, 0.1) is 19.4 Å². The second-order valence-corrected chi connectivity index (χ2v) is 7.46. The minimum Gasteiger partial charge on any atom is -0.379 e. The van der Waals surface area contributed by atoms with Crippen LogP contribution in [0, 0.1) is 6.92 Å². The van der Waals surface area contributed by atoms with Gasteiger partial charge in [-0.05, 0) is 31.0 Å². The van der Waals surface area contributed by atoms with Gasteiger partial charge < -0.3 is 15.4 Å². The molecule has 8 heteroatoms. The Morgan fingerprint density at radius 2 is 1.97 bits per heavy atom. The average Bonchev–Trinajstić information content (AvgIpc) is 3.19. The number of benzene rings is 1. The summed E-state index contributed by atoms with van der Waals surface area (Å²) in [4.78, 5) is 19.8. The summed E-state index contributed by atoms with van der Waals surface area (Å²) in [5.74, 6) is 0.615. The molecular formula is C22H28N6O2. The first kappa shape index (κ1) is 20.3. The summed E-state index contributed by atoms with van der Waals surface area (Å²) in [6.45, 7) is 9.22. The van der Waals surface area contributed by atoms with Crippen molar-refractivity contribution in [3.63, 3.8) is 0 Å². The molecule has 0 aliphatic carbocycles. The molecule has 30 heavy (non-hydrogen) atoms. The Balaban J connectivity index is 1.48. The van der Waals surface area contributed by atoms with Crippen LogP contribution in [0.5, 0.6) is 0 Å². The molecule has 0 unspecified atom stereocenters. The lowest BCUT2D eigenvalue weighted by atomic mass is 10.1. The van der Waals surface area contributed by atoms with Crippen LogP contribution < -0.4 is 10.6 Å². The summed E-state index contributed by atoms with van der Waals surface area (Å²) >= 11 is 0. The number of ether oxygens (including phenoxy) is 1. The fourth-order valence-electron chi connectivity index (χ4n) is 3.56. The maximum Gasteiger partial charge on any atom is 0.261 e. The van der Waals surface area contributed by atoms with Gasteiger partial charge in [-0.3, -0.25) is 9.69 Å². The second kappa shape index (κ2) is 9.23. The van der Waals surface area contributed by atoms with E-state index in [1.165, 1.54) is 5.56 Å². The molecule has 2 aromatic heterocycles. The lowest BCUT2D eigenvalue weighted by Crippen LogP contribution is -2.39. The van der Waals surface area contributed by atoms with Crippen molar-refractivity contribution in [1.29, 1.82) is 0 Å². The van der Waals surface area contributed by atoms with Crippen molar-refractivity contribution >= 4 is 23.1 Å². The van der Waals surface area contributed by atoms with Gasteiger partial charge in [-0.25, -0.2) is 4.98 Å². The van der Waals surface area contributed by atoms with Crippen molar-refractivity contribution in [2.24, 2.45) is 0 Å². The van der Waals surface area contributed by atoms with E-state index in [9.17, 15) is 4.79 Å². The normalized spacial score (nSPS) is 14.7. The summed E-state index contributed by atoms with van der Waals surface area (Å²) in [5.41, 5.74) is 3.82. The van der Waals surface area contributed by atoms with Crippen LogP contribution in [0.15, 0.2) is 36.5 Å². The Morgan fingerprint density at radius 1 is 1.20 bits per heavy atom. The summed E-state index contributed by atoms with van der Waals surface area (Å²) in [6.07, 6.45) is 2.54. The Morgan fingerprint density at radius 3 is 2.70 bits per heavy atom. The van der Waals surface area contributed by atoms with Crippen LogP contribution in [0.25, 0.3) is 5.65 Å². The van der Waals surface area contributed by atoms with Crippen molar-refractivity contribution in [3.05, 3.63) is 53.3 Å². The smallest absolute Gasteiger partial charge is 0.261 e. The molecule has 3 aromatic rings. The number of amides is 1. The van der Waals surface area contributed by atoms with Crippen LogP contribution >= 0.6 is 0 Å². The van der Waals surface area contributed by atoms with Crippen LogP contribution in [-0.2, 0) is 11.2 Å². The number of morpholine rings is 1. The van der Waals surface area contributed by atoms with Gasteiger partial charge in [0, 0.05) is 43.6 Å². The number of nitrogens with one attached hydrogen (secondary N) is 2. The summed E-state index contributed by atoms with van der Waals surface area (Å²) in [5, 5.41) is 10.8. The summed E-state index contributed by atoms with van der Waals surface area (Å²) in [6, 6.07) is 9.82. The maximum absolute atomic E-state index is 12.8. The number of fused-ring (bicyclic) bond motifs is 1. The molecule has 0 atom stereocenters. The predicted octanol–water partition coefficient (Wildman–Crippen LogP) is 2.60. The predicted molar refractivity (Wildman–Crippen MR) is 117 cm³/mol. The number of carbonyl (C=O) groups is 1. The number of aryl methyl sites for hydroxylation is 2. The molecule has 1 aromatic carbocycles. The standard InChI is InChI=1S/C22H28N6O2/c1-3-17-4-6-18(7-5-17)26-22(29)19-15-24-28-20(14-16(2)25-21(19)28)23-8-9-27-10-12-30-13-11-27/h4-7,14-15,23H,3,8-13H2,1-2H3,(H,26,29). The highest BCUT2D eigenvalue weighted by atomic mass is 16.5. The van der Waals surface area contributed by atoms with Gasteiger partial charge in [0.1, 0.15) is 11.4 Å². The monoisotopic (exact) mass is 408 g/mol. The average molecular weight is 409 g/mol. The molecule has 2 N–H and O–H groups in total. The van der Waals surface area contributed by atoms with E-state index >= 15 is 0 Å². The molecule has 0 bridgehead atoms. The molecule has 1 amide bonds. The number of rotatable bonds is 7. The zero-order valence-corrected chi connectivity index (χ0v) is 17.5. The molecule has 0 spiro atoms. The van der Waals surface area contributed by atoms with Crippen molar-refractivity contribution in [3.8, 4) is 0 Å². The van der Waals surface area contributed by atoms with Gasteiger partial charge in [0.25, 0.3) is 5.91 Å². The lowest BCUT2D eigenvalue weighted by molar-refractivity contribution is 0.0398. The molecule has 1 fully saturated rings. The quantitative estimate of drug-likeness (QED) is 0.625. The van der Waals surface area contributed by atoms with Crippen LogP contribution in [0.3, 0.4) is 0 Å². The topological polar surface area (TPSA) is 83.8 Å². The number of anilines is 2. The first-order chi connectivity index (χ1) is 14.6. The van der Waals surface area contributed by atoms with Crippen LogP contribution in [0.4, 0.5) is 11.5 Å². The Kier molecular flexibility index (Phi) is 6.25. The van der Waals surface area contributed by atoms with Gasteiger partial charge in [-0.15, -0.1) is 0 Å². The highest BCUT2D eigenvalue weighted by Gasteiger charge is 2.17. The lowest BCUT2D eigenvalue weighted by Gasteiger charge is -2.26. The fraction of sp³-hybridized carbons (Fsp3) is 0.409. The highest BCUT2D eigenvalue weighted by Crippen LogP contribution is 2.18. The van der Waals surface area contributed by atoms with Gasteiger partial charge in [0.15, 0.2) is 5.65 Å². The van der Waals surface area contributed by atoms with E-state index in [0.717, 1.165) is 63.0 Å². The third kappa shape index (κ3) is 4.60. The van der Waals surface area contributed by atoms with Crippen LogP contribution in [-0.4, -0.2) is 64.8 Å². The number of hydrogen-bond acceptors (Lipinski definition) is 6. The van der Waals surface area contributed by atoms with Gasteiger partial charge in [0.2, 0.25) is 0 Å². The number of carbonyl (C=O) groups excluding carboxylic acids is 1. The molecule has 3 heterocycles. The van der Waals surface area contributed by atoms with Gasteiger partial charge in [-0.2, -0.15) is 9.61 Å². The molecule has 0 saturated carbocycles. The Bertz CT molecular complexity index is 1010. The molecule has 1 aliphatic rings. The number of hydrogen-bond donors (Lipinski definition) is 2. The molecular weight excluding hydrogens is 380 g/mol. The van der Waals surface area contributed by atoms with Crippen molar-refractivity contribution in [1.82, 2.24) is 19.5 Å². The van der Waals surface area contributed by atoms with Gasteiger partial charge in [-0.1, -0.05) is 19.1 Å². The fourth-order valence-corrected chi connectivity index (χ4v) is 3.56. The zero-order chi connectivity index (χ0) is 20.9. The van der Waals surface area contributed by atoms with E-state index in [2.05, 4.69) is 32.5 Å². The van der Waals surface area contributed by atoms with Crippen molar-refractivity contribution in [2.45, 2.75) is 20.3 Å². The third-order valence-electron chi connectivity index (χ3n) is 5.30. The zero-order valence-electron chi connectivity index (χ0n) is 17.5. The first-order valence-electron chi connectivity index (χ1n) is 10.4. The van der Waals surface area contributed by atoms with E-state index in [0.29, 0.717) is 11.2 Å². The maximum atomic E-state index is 12.8. The third-order valence-corrected chi connectivity index (χ3v) is 5.30. The van der Waals surface area contributed by atoms with Gasteiger partial charge >= 0.3 is 0 Å². The van der Waals surface area contributed by atoms with E-state index in [1.54, 1.807) is 10.7 Å². The van der Waals surface area contributed by atoms with Crippen LogP contribution in [0.1, 0.15) is 28.5 Å². The molecule has 0 radical (unpaired) electrons. The first-order valence-corrected chi connectivity index (χ1v) is 10.4. The second-order valence-electron chi connectivity index (χ2n) is 7.46. The minimum atomic E-state index is -0.216. The Hall–Kier alpha value is -2.97. The van der Waals surface area contributed by atoms with Crippen LogP contribution in [0.2, 0.25) is 0 Å². The largest absolute Gasteiger partial charge is 0.379 e. The highest BCUT2D eigenvalue weighted by molar-refractivity contribution is 6.08. The number of aromatic nitrogens is 3. The van der Waals surface area contributed by atoms with Crippen molar-refractivity contribution in [2.75, 3.05) is 50.0 Å². The summed E-state index contributed by atoms with van der Waals surface area (Å²) in [7, 11) is 0. The van der Waals surface area contributed by atoms with E-state index in [-0.39, 0.29) is 5.91 Å². The molecule has 1 aliphatic heterocycles. The Labute approximate surface area is 176 Å². The summed E-state index contributed by atoms with van der Waals surface area (Å²) < 4.78 is 7.09. The van der Waals surface area contributed by atoms with E-state index < -0.39 is 0 Å². The van der Waals surface area contributed by atoms with E-state index in [1.807, 2.05) is 37.3 Å². The molecule has 158 valence electrons. The minimum absolute atomic E-state index is 0.216. The number of nitrogens with zero attached hydrogens (tertiary/aromatic N) is 4. The van der Waals surface area contributed by atoms with Crippen molar-refractivity contribution < 1.29 is 9.53 Å².